The first kappa shape index (κ1) is 40.0. The van der Waals surface area contributed by atoms with E-state index in [-0.39, 0.29) is 42.5 Å². The SMILES string of the molecule is CCC(C)(CC)C(=O)/C=C(\O)C(C)(CC)CC.Cc1ccc2c(C(C)C)cc(-c3ncnc4c(C)c([Si](C)(C)C)sc34)[c-]c2c1.[Ir]. The molecule has 0 bridgehead atoms. The molecule has 1 N–H and O–H groups in total. The van der Waals surface area contributed by atoms with Gasteiger partial charge in [-0.25, -0.2) is 4.98 Å². The van der Waals surface area contributed by atoms with E-state index in [9.17, 15) is 9.90 Å². The number of rotatable bonds is 10. The van der Waals surface area contributed by atoms with E-state index >= 15 is 0 Å². The number of thiophene rings is 1. The maximum Gasteiger partial charge on any atom is 0.164 e. The van der Waals surface area contributed by atoms with Crippen LogP contribution in [-0.2, 0) is 24.9 Å². The second kappa shape index (κ2) is 15.8. The summed E-state index contributed by atoms with van der Waals surface area (Å²) < 4.78 is 2.72. The Morgan fingerprint density at radius 2 is 1.57 bits per heavy atom. The fourth-order valence-corrected chi connectivity index (χ4v) is 9.44. The summed E-state index contributed by atoms with van der Waals surface area (Å²) in [4.78, 5) is 21.5. The van der Waals surface area contributed by atoms with Gasteiger partial charge in [-0.05, 0) is 55.5 Å². The van der Waals surface area contributed by atoms with Crippen molar-refractivity contribution in [2.75, 3.05) is 0 Å². The van der Waals surface area contributed by atoms with Crippen molar-refractivity contribution in [3.63, 3.8) is 0 Å². The Kier molecular flexibility index (Phi) is 13.7. The average Bonchev–Trinajstić information content (AvgIpc) is 3.36. The molecule has 2 aromatic carbocycles. The van der Waals surface area contributed by atoms with E-state index < -0.39 is 8.07 Å². The summed E-state index contributed by atoms with van der Waals surface area (Å²) in [5.74, 6) is 0.729. The molecule has 0 saturated heterocycles. The van der Waals surface area contributed by atoms with Crippen LogP contribution < -0.4 is 4.50 Å². The second-order valence-corrected chi connectivity index (χ2v) is 20.9. The molecule has 0 aliphatic rings. The molecule has 2 heterocycles. The van der Waals surface area contributed by atoms with Crippen LogP contribution in [0.15, 0.2) is 42.4 Å². The average molecular weight is 836 g/mol. The molecule has 253 valence electrons. The van der Waals surface area contributed by atoms with Crippen LogP contribution in [0.3, 0.4) is 0 Å². The molecular weight excluding hydrogens is 781 g/mol. The zero-order valence-electron chi connectivity index (χ0n) is 30.4. The zero-order valence-corrected chi connectivity index (χ0v) is 34.6. The number of fused-ring (bicyclic) bond motifs is 2. The molecule has 46 heavy (non-hydrogen) atoms. The largest absolute Gasteiger partial charge is 0.512 e. The summed E-state index contributed by atoms with van der Waals surface area (Å²) in [6, 6.07) is 12.6. The molecule has 0 fully saturated rings. The number of benzene rings is 2. The third-order valence-electron chi connectivity index (χ3n) is 9.92. The quantitative estimate of drug-likeness (QED) is 0.0748. The summed E-state index contributed by atoms with van der Waals surface area (Å²) in [6.45, 7) is 28.2. The van der Waals surface area contributed by atoms with E-state index in [1.807, 2.05) is 52.9 Å². The van der Waals surface area contributed by atoms with Gasteiger partial charge in [0.15, 0.2) is 5.78 Å². The molecule has 0 spiro atoms. The summed E-state index contributed by atoms with van der Waals surface area (Å²) in [5.41, 5.74) is 6.56. The molecule has 0 aliphatic carbocycles. The first-order valence-corrected chi connectivity index (χ1v) is 20.9. The minimum atomic E-state index is -1.42. The number of carbonyl (C=O) groups is 1. The molecule has 0 atom stereocenters. The van der Waals surface area contributed by atoms with E-state index in [2.05, 4.69) is 82.7 Å². The van der Waals surface area contributed by atoms with Crippen LogP contribution in [0.1, 0.15) is 104 Å². The smallest absolute Gasteiger partial charge is 0.164 e. The van der Waals surface area contributed by atoms with Gasteiger partial charge in [-0.15, -0.1) is 40.5 Å². The van der Waals surface area contributed by atoms with Gasteiger partial charge >= 0.3 is 0 Å². The summed E-state index contributed by atoms with van der Waals surface area (Å²) >= 11 is 1.89. The van der Waals surface area contributed by atoms with Crippen LogP contribution in [0.4, 0.5) is 0 Å². The predicted octanol–water partition coefficient (Wildman–Crippen LogP) is 11.2. The standard InChI is InChI=1S/C24H27N2SSi.C15H28O2.Ir/c1-14(2)20-12-18(11-17-10-15(3)8-9-19(17)20)22-23-21(25-13-26-22)16(4)24(27-23)28(5,6)7;1-7-14(5,8-2)12(16)11-13(17)15(6,9-3)10-4;/h8-10,12-14H,1-7H3;11,16H,7-10H2,1-6H3;/q-1;;/b;12-11-;. The summed E-state index contributed by atoms with van der Waals surface area (Å²) in [7, 11) is -1.42. The fourth-order valence-electron chi connectivity index (χ4n) is 5.65. The third kappa shape index (κ3) is 8.45. The topological polar surface area (TPSA) is 63.1 Å². The maximum absolute atomic E-state index is 12.2. The van der Waals surface area contributed by atoms with Crippen LogP contribution >= 0.6 is 11.3 Å². The Morgan fingerprint density at radius 3 is 2.09 bits per heavy atom. The number of carbonyl (C=O) groups excluding carboxylic acids is 1. The van der Waals surface area contributed by atoms with Crippen LogP contribution in [0.5, 0.6) is 0 Å². The van der Waals surface area contributed by atoms with E-state index in [0.717, 1.165) is 42.5 Å². The van der Waals surface area contributed by atoms with Crippen molar-refractivity contribution < 1.29 is 30.0 Å². The van der Waals surface area contributed by atoms with Gasteiger partial charge in [0.05, 0.1) is 13.6 Å². The number of hydrogen-bond acceptors (Lipinski definition) is 5. The predicted molar refractivity (Wildman–Crippen MR) is 199 cm³/mol. The van der Waals surface area contributed by atoms with Gasteiger partial charge < -0.3 is 5.11 Å². The Hall–Kier alpha value is -2.18. The van der Waals surface area contributed by atoms with Crippen molar-refractivity contribution in [2.24, 2.45) is 10.8 Å². The third-order valence-corrected chi connectivity index (χ3v) is 14.9. The van der Waals surface area contributed by atoms with Gasteiger partial charge in [0.25, 0.3) is 0 Å². The van der Waals surface area contributed by atoms with Crippen LogP contribution in [0.2, 0.25) is 19.6 Å². The van der Waals surface area contributed by atoms with E-state index in [0.29, 0.717) is 5.92 Å². The van der Waals surface area contributed by atoms with Crippen molar-refractivity contribution in [3.8, 4) is 11.3 Å². The number of aliphatic hydroxyl groups is 1. The second-order valence-electron chi connectivity index (χ2n) is 14.5. The number of ketones is 1. The number of aryl methyl sites for hydroxylation is 2. The Morgan fingerprint density at radius 1 is 0.978 bits per heavy atom. The Bertz CT molecular complexity index is 1690. The van der Waals surface area contributed by atoms with Crippen molar-refractivity contribution in [1.29, 1.82) is 0 Å². The fraction of sp³-hybridized carbons (Fsp3) is 0.513. The van der Waals surface area contributed by atoms with Gasteiger partial charge in [-0.1, -0.05) is 104 Å². The zero-order chi connectivity index (χ0) is 33.9. The molecule has 4 aromatic rings. The van der Waals surface area contributed by atoms with Gasteiger partial charge in [-0.2, -0.15) is 0 Å². The molecule has 0 aliphatic heterocycles. The monoisotopic (exact) mass is 836 g/mol. The van der Waals surface area contributed by atoms with Crippen LogP contribution in [0, 0.1) is 30.7 Å². The first-order chi connectivity index (χ1) is 21.0. The minimum absolute atomic E-state index is 0. The molecule has 0 unspecified atom stereocenters. The Labute approximate surface area is 296 Å². The van der Waals surface area contributed by atoms with Crippen molar-refractivity contribution in [3.05, 3.63) is 65.2 Å². The number of aliphatic hydroxyl groups excluding tert-OH is 1. The number of hydrogen-bond donors (Lipinski definition) is 1. The van der Waals surface area contributed by atoms with Gasteiger partial charge in [0.2, 0.25) is 0 Å². The van der Waals surface area contributed by atoms with E-state index in [4.69, 9.17) is 4.98 Å². The van der Waals surface area contributed by atoms with Crippen molar-refractivity contribution in [1.82, 2.24) is 9.97 Å². The number of allylic oxidation sites excluding steroid dienone is 2. The first-order valence-electron chi connectivity index (χ1n) is 16.6. The van der Waals surface area contributed by atoms with Crippen LogP contribution in [0.25, 0.3) is 32.2 Å². The molecule has 4 nitrogen and oxygen atoms in total. The summed E-state index contributed by atoms with van der Waals surface area (Å²) in [5, 5.41) is 12.6. The molecule has 2 aromatic heterocycles. The maximum atomic E-state index is 12.2. The van der Waals surface area contributed by atoms with Gasteiger partial charge in [0, 0.05) is 47.4 Å². The molecule has 0 amide bonds. The van der Waals surface area contributed by atoms with E-state index in [1.165, 1.54) is 42.7 Å². The van der Waals surface area contributed by atoms with E-state index in [1.54, 1.807) is 6.33 Å². The van der Waals surface area contributed by atoms with Crippen molar-refractivity contribution >= 4 is 50.7 Å². The molecular formula is C39H55IrN2O2SSi-. The summed E-state index contributed by atoms with van der Waals surface area (Å²) in [6.07, 6.45) is 6.47. The number of nitrogens with zero attached hydrogens (tertiary/aromatic N) is 2. The van der Waals surface area contributed by atoms with Gasteiger partial charge in [0.1, 0.15) is 12.1 Å². The van der Waals surface area contributed by atoms with Crippen LogP contribution in [-0.4, -0.2) is 28.9 Å². The molecule has 0 saturated carbocycles. The van der Waals surface area contributed by atoms with Gasteiger partial charge in [-0.3, -0.25) is 9.78 Å². The molecule has 1 radical (unpaired) electrons. The van der Waals surface area contributed by atoms with Crippen molar-refractivity contribution in [2.45, 2.75) is 120 Å². The molecule has 7 heteroatoms. The minimum Gasteiger partial charge on any atom is -0.512 e. The normalized spacial score (nSPS) is 12.7. The molecule has 4 rings (SSSR count). The Balaban J connectivity index is 0.000000356. The number of aromatic nitrogens is 2.